The molecule has 0 heterocycles. The second kappa shape index (κ2) is 2.12. The first-order chi connectivity index (χ1) is 5.86. The molecule has 0 saturated carbocycles. The summed E-state index contributed by atoms with van der Waals surface area (Å²) in [6.45, 7) is 2.26. The van der Waals surface area contributed by atoms with Crippen molar-refractivity contribution in [3.63, 3.8) is 0 Å². The zero-order valence-electron chi connectivity index (χ0n) is 7.56. The molecule has 3 rings (SSSR count). The molecular weight excluding hydrogens is 144 g/mol. The fourth-order valence-corrected chi connectivity index (χ4v) is 2.96. The molecule has 0 spiro atoms. The van der Waals surface area contributed by atoms with Crippen LogP contribution in [0.2, 0.25) is 0 Å². The first kappa shape index (κ1) is 6.71. The summed E-state index contributed by atoms with van der Waals surface area (Å²) in [5.41, 5.74) is 6.61. The van der Waals surface area contributed by atoms with Crippen LogP contribution in [0.25, 0.3) is 0 Å². The van der Waals surface area contributed by atoms with E-state index >= 15 is 0 Å². The van der Waals surface area contributed by atoms with Crippen LogP contribution in [0.5, 0.6) is 0 Å². The van der Waals surface area contributed by atoms with Crippen molar-refractivity contribution in [3.05, 3.63) is 34.4 Å². The third kappa shape index (κ3) is 0.682. The molecule has 1 atom stereocenters. The molecule has 1 aromatic carbocycles. The van der Waals surface area contributed by atoms with E-state index in [-0.39, 0.29) is 0 Å². The van der Waals surface area contributed by atoms with Gasteiger partial charge in [0.25, 0.3) is 0 Å². The lowest BCUT2D eigenvalue weighted by Crippen LogP contribution is -1.89. The highest BCUT2D eigenvalue weighted by atomic mass is 14.3. The molecular formula is C12H14. The minimum Gasteiger partial charge on any atom is -0.0588 e. The van der Waals surface area contributed by atoms with Gasteiger partial charge in [-0.25, -0.2) is 0 Å². The second-order valence-corrected chi connectivity index (χ2v) is 4.21. The van der Waals surface area contributed by atoms with Crippen molar-refractivity contribution in [1.82, 2.24) is 0 Å². The van der Waals surface area contributed by atoms with E-state index in [1.165, 1.54) is 31.2 Å². The monoisotopic (exact) mass is 158 g/mol. The summed E-state index contributed by atoms with van der Waals surface area (Å²) in [4.78, 5) is 0. The molecule has 0 saturated heterocycles. The van der Waals surface area contributed by atoms with Crippen molar-refractivity contribution in [2.75, 3.05) is 0 Å². The number of rotatable bonds is 0. The lowest BCUT2D eigenvalue weighted by Gasteiger charge is -2.05. The average Bonchev–Trinajstić information content (AvgIpc) is 2.61. The van der Waals surface area contributed by atoms with Crippen molar-refractivity contribution >= 4 is 0 Å². The predicted octanol–water partition coefficient (Wildman–Crippen LogP) is 2.97. The Morgan fingerprint density at radius 3 is 2.92 bits per heavy atom. The van der Waals surface area contributed by atoms with E-state index in [9.17, 15) is 0 Å². The van der Waals surface area contributed by atoms with Gasteiger partial charge in [0.05, 0.1) is 0 Å². The topological polar surface area (TPSA) is 0 Å². The van der Waals surface area contributed by atoms with Gasteiger partial charge in [-0.1, -0.05) is 12.1 Å². The van der Waals surface area contributed by atoms with Gasteiger partial charge in [0.2, 0.25) is 0 Å². The minimum atomic E-state index is 0.940. The Balaban J connectivity index is 2.32. The lowest BCUT2D eigenvalue weighted by atomic mass is 10.00. The van der Waals surface area contributed by atoms with Crippen molar-refractivity contribution in [2.45, 2.75) is 38.5 Å². The van der Waals surface area contributed by atoms with Gasteiger partial charge in [0, 0.05) is 0 Å². The number of hydrogen-bond acceptors (Lipinski definition) is 0. The van der Waals surface area contributed by atoms with Crippen LogP contribution in [0.3, 0.4) is 0 Å². The van der Waals surface area contributed by atoms with Crippen molar-refractivity contribution < 1.29 is 0 Å². The highest BCUT2D eigenvalue weighted by Crippen LogP contribution is 2.44. The summed E-state index contributed by atoms with van der Waals surface area (Å²) in [6.07, 6.45) is 5.53. The minimum absolute atomic E-state index is 0.940. The van der Waals surface area contributed by atoms with Crippen LogP contribution in [0.15, 0.2) is 12.1 Å². The number of aryl methyl sites for hydroxylation is 2. The quantitative estimate of drug-likeness (QED) is 0.544. The van der Waals surface area contributed by atoms with Crippen LogP contribution < -0.4 is 0 Å². The van der Waals surface area contributed by atoms with E-state index < -0.39 is 0 Å². The molecule has 0 nitrogen and oxygen atoms in total. The van der Waals surface area contributed by atoms with E-state index in [1.54, 1.807) is 16.7 Å². The van der Waals surface area contributed by atoms with Crippen LogP contribution in [-0.4, -0.2) is 0 Å². The second-order valence-electron chi connectivity index (χ2n) is 4.21. The summed E-state index contributed by atoms with van der Waals surface area (Å²) in [6, 6.07) is 4.65. The number of hydrogen-bond donors (Lipinski definition) is 0. The normalized spacial score (nSPS) is 24.6. The zero-order valence-corrected chi connectivity index (χ0v) is 7.56. The highest BCUT2D eigenvalue weighted by Gasteiger charge is 2.30. The molecule has 0 radical (unpaired) electrons. The van der Waals surface area contributed by atoms with Gasteiger partial charge in [-0.05, 0) is 60.8 Å². The van der Waals surface area contributed by atoms with E-state index in [2.05, 4.69) is 19.1 Å². The first-order valence-corrected chi connectivity index (χ1v) is 4.97. The van der Waals surface area contributed by atoms with E-state index in [0.717, 1.165) is 5.92 Å². The Bertz CT molecular complexity index is 336. The van der Waals surface area contributed by atoms with Gasteiger partial charge in [-0.2, -0.15) is 0 Å². The molecule has 0 fully saturated rings. The fourth-order valence-electron chi connectivity index (χ4n) is 2.96. The average molecular weight is 158 g/mol. The maximum Gasteiger partial charge on any atom is -0.0150 e. The molecule has 12 heavy (non-hydrogen) atoms. The Labute approximate surface area is 73.6 Å². The van der Waals surface area contributed by atoms with Crippen LogP contribution in [0, 0.1) is 6.92 Å². The maximum absolute atomic E-state index is 2.35. The summed E-state index contributed by atoms with van der Waals surface area (Å²) in [5, 5.41) is 0. The van der Waals surface area contributed by atoms with Gasteiger partial charge < -0.3 is 0 Å². The van der Waals surface area contributed by atoms with Crippen molar-refractivity contribution in [1.29, 1.82) is 0 Å². The lowest BCUT2D eigenvalue weighted by molar-refractivity contribution is 0.660. The smallest absolute Gasteiger partial charge is 0.0150 e. The van der Waals surface area contributed by atoms with E-state index in [1.807, 2.05) is 0 Å². The Morgan fingerprint density at radius 2 is 2.00 bits per heavy atom. The third-order valence-corrected chi connectivity index (χ3v) is 3.59. The first-order valence-electron chi connectivity index (χ1n) is 4.97. The van der Waals surface area contributed by atoms with Crippen molar-refractivity contribution in [2.24, 2.45) is 0 Å². The fraction of sp³-hybridized carbons (Fsp3) is 0.500. The third-order valence-electron chi connectivity index (χ3n) is 3.59. The molecule has 0 N–H and O–H groups in total. The van der Waals surface area contributed by atoms with Gasteiger partial charge in [0.15, 0.2) is 0 Å². The van der Waals surface area contributed by atoms with E-state index in [0.29, 0.717) is 0 Å². The molecule has 0 amide bonds. The Kier molecular flexibility index (Phi) is 1.19. The highest BCUT2D eigenvalue weighted by molar-refractivity contribution is 5.48. The number of benzene rings is 1. The molecule has 2 aliphatic rings. The molecule has 1 unspecified atom stereocenters. The van der Waals surface area contributed by atoms with Crippen LogP contribution >= 0.6 is 0 Å². The Morgan fingerprint density at radius 1 is 1.17 bits per heavy atom. The van der Waals surface area contributed by atoms with Crippen LogP contribution in [0.1, 0.15) is 41.0 Å². The standard InChI is InChI=1S/C12H14/c1-8-2-3-9-4-5-10-6-7-11(8)12(9)10/h2-3,10H,4-7H2,1H3. The molecule has 0 bridgehead atoms. The summed E-state index contributed by atoms with van der Waals surface area (Å²) in [5.74, 6) is 0.940. The maximum atomic E-state index is 2.35. The Hall–Kier alpha value is -0.780. The van der Waals surface area contributed by atoms with E-state index in [4.69, 9.17) is 0 Å². The summed E-state index contributed by atoms with van der Waals surface area (Å²) < 4.78 is 0. The summed E-state index contributed by atoms with van der Waals surface area (Å²) in [7, 11) is 0. The molecule has 2 aliphatic carbocycles. The molecule has 1 aromatic rings. The molecule has 0 aliphatic heterocycles. The molecule has 0 aromatic heterocycles. The molecule has 62 valence electrons. The van der Waals surface area contributed by atoms with Crippen LogP contribution in [0.4, 0.5) is 0 Å². The van der Waals surface area contributed by atoms with Gasteiger partial charge in [-0.3, -0.25) is 0 Å². The zero-order chi connectivity index (χ0) is 8.13. The SMILES string of the molecule is Cc1ccc2c3c1CCC3CC2. The van der Waals surface area contributed by atoms with Gasteiger partial charge in [-0.15, -0.1) is 0 Å². The van der Waals surface area contributed by atoms with Gasteiger partial charge >= 0.3 is 0 Å². The largest absolute Gasteiger partial charge is 0.0588 e. The predicted molar refractivity (Wildman–Crippen MR) is 50.6 cm³/mol. The van der Waals surface area contributed by atoms with Gasteiger partial charge in [0.1, 0.15) is 0 Å². The molecule has 0 heteroatoms. The van der Waals surface area contributed by atoms with Crippen LogP contribution in [-0.2, 0) is 12.8 Å². The van der Waals surface area contributed by atoms with Crippen molar-refractivity contribution in [3.8, 4) is 0 Å². The summed E-state index contributed by atoms with van der Waals surface area (Å²) >= 11 is 0.